The van der Waals surface area contributed by atoms with Gasteiger partial charge in [0.2, 0.25) is 0 Å². The third-order valence-corrected chi connectivity index (χ3v) is 4.01. The van der Waals surface area contributed by atoms with Crippen molar-refractivity contribution < 1.29 is 4.79 Å². The normalized spacial score (nSPS) is 15.8. The highest BCUT2D eigenvalue weighted by atomic mass is 32.1. The summed E-state index contributed by atoms with van der Waals surface area (Å²) in [4.78, 5) is 15.3. The molecule has 0 radical (unpaired) electrons. The molecular formula is C15H17N3OS. The van der Waals surface area contributed by atoms with Crippen molar-refractivity contribution in [2.45, 2.75) is 25.8 Å². The van der Waals surface area contributed by atoms with Crippen LogP contribution in [-0.2, 0) is 0 Å². The van der Waals surface area contributed by atoms with Crippen LogP contribution in [0.1, 0.15) is 30.3 Å². The van der Waals surface area contributed by atoms with E-state index in [-0.39, 0.29) is 11.9 Å². The predicted octanol–water partition coefficient (Wildman–Crippen LogP) is 3.06. The van der Waals surface area contributed by atoms with Crippen LogP contribution < -0.4 is 5.32 Å². The zero-order valence-corrected chi connectivity index (χ0v) is 12.1. The monoisotopic (exact) mass is 287 g/mol. The molecule has 0 spiro atoms. The highest BCUT2D eigenvalue weighted by Crippen LogP contribution is 2.32. The molecule has 1 saturated carbocycles. The highest BCUT2D eigenvalue weighted by molar-refractivity contribution is 7.71. The van der Waals surface area contributed by atoms with Crippen molar-refractivity contribution in [1.82, 2.24) is 14.9 Å². The van der Waals surface area contributed by atoms with Crippen LogP contribution in [0.3, 0.4) is 0 Å². The van der Waals surface area contributed by atoms with Crippen molar-refractivity contribution in [3.63, 3.8) is 0 Å². The Labute approximate surface area is 122 Å². The van der Waals surface area contributed by atoms with Gasteiger partial charge >= 0.3 is 0 Å². The van der Waals surface area contributed by atoms with Crippen LogP contribution in [0, 0.1) is 10.7 Å². The molecule has 1 aliphatic rings. The zero-order chi connectivity index (χ0) is 14.1. The summed E-state index contributed by atoms with van der Waals surface area (Å²) in [5.41, 5.74) is 1.44. The van der Waals surface area contributed by atoms with E-state index in [1.807, 2.05) is 30.3 Å². The van der Waals surface area contributed by atoms with Crippen molar-refractivity contribution in [1.29, 1.82) is 0 Å². The quantitative estimate of drug-likeness (QED) is 0.849. The Morgan fingerprint density at radius 1 is 1.40 bits per heavy atom. The number of nitrogens with one attached hydrogen (secondary N) is 2. The maximum Gasteiger partial charge on any atom is 0.270 e. The van der Waals surface area contributed by atoms with Gasteiger partial charge in [-0.25, -0.2) is 0 Å². The maximum atomic E-state index is 12.4. The van der Waals surface area contributed by atoms with E-state index in [1.54, 1.807) is 10.8 Å². The molecule has 0 bridgehead atoms. The Morgan fingerprint density at radius 3 is 2.75 bits per heavy atom. The average Bonchev–Trinajstić information content (AvgIpc) is 3.23. The molecule has 20 heavy (non-hydrogen) atoms. The van der Waals surface area contributed by atoms with Gasteiger partial charge in [-0.3, -0.25) is 9.36 Å². The first-order valence-electron chi connectivity index (χ1n) is 6.83. The minimum Gasteiger partial charge on any atom is -0.348 e. The second-order valence-electron chi connectivity index (χ2n) is 5.25. The lowest BCUT2D eigenvalue weighted by molar-refractivity contribution is 0.0929. The Hall–Kier alpha value is -1.88. The van der Waals surface area contributed by atoms with E-state index in [0.717, 1.165) is 5.69 Å². The van der Waals surface area contributed by atoms with E-state index in [4.69, 9.17) is 12.2 Å². The van der Waals surface area contributed by atoms with E-state index in [2.05, 4.69) is 17.2 Å². The molecule has 1 amide bonds. The lowest BCUT2D eigenvalue weighted by Gasteiger charge is -2.14. The maximum absolute atomic E-state index is 12.4. The standard InChI is InChI=1S/C15H17N3OS/c1-10(11-7-8-11)17-14(19)13-9-16-15(20)18(13)12-5-3-2-4-6-12/h2-6,9-11H,7-8H2,1H3,(H,16,20)(H,17,19). The summed E-state index contributed by atoms with van der Waals surface area (Å²) in [6, 6.07) is 9.89. The Kier molecular flexibility index (Phi) is 3.44. The van der Waals surface area contributed by atoms with E-state index in [1.165, 1.54) is 12.8 Å². The van der Waals surface area contributed by atoms with Crippen molar-refractivity contribution in [3.05, 3.63) is 47.0 Å². The molecule has 1 unspecified atom stereocenters. The third kappa shape index (κ3) is 2.54. The number of rotatable bonds is 4. The molecule has 5 heteroatoms. The van der Waals surface area contributed by atoms with E-state index < -0.39 is 0 Å². The number of hydrogen-bond donors (Lipinski definition) is 2. The van der Waals surface area contributed by atoms with Crippen molar-refractivity contribution in [2.24, 2.45) is 5.92 Å². The second kappa shape index (κ2) is 5.25. The number of imidazole rings is 1. The molecule has 1 aliphatic carbocycles. The fourth-order valence-electron chi connectivity index (χ4n) is 2.36. The summed E-state index contributed by atoms with van der Waals surface area (Å²) < 4.78 is 2.30. The Morgan fingerprint density at radius 2 is 2.10 bits per heavy atom. The van der Waals surface area contributed by atoms with Gasteiger partial charge in [0.25, 0.3) is 5.91 Å². The topological polar surface area (TPSA) is 49.8 Å². The van der Waals surface area contributed by atoms with Crippen LogP contribution >= 0.6 is 12.2 Å². The van der Waals surface area contributed by atoms with Crippen molar-refractivity contribution in [3.8, 4) is 5.69 Å². The minimum atomic E-state index is -0.0828. The van der Waals surface area contributed by atoms with Gasteiger partial charge in [0.1, 0.15) is 5.69 Å². The Balaban J connectivity index is 1.90. The van der Waals surface area contributed by atoms with Gasteiger partial charge in [0.05, 0.1) is 0 Å². The molecular weight excluding hydrogens is 270 g/mol. The van der Waals surface area contributed by atoms with E-state index >= 15 is 0 Å². The number of amides is 1. The van der Waals surface area contributed by atoms with Gasteiger partial charge in [0.15, 0.2) is 4.77 Å². The van der Waals surface area contributed by atoms with E-state index in [9.17, 15) is 4.79 Å². The molecule has 3 rings (SSSR count). The van der Waals surface area contributed by atoms with Gasteiger partial charge in [0, 0.05) is 17.9 Å². The van der Waals surface area contributed by atoms with Crippen LogP contribution in [0.2, 0.25) is 0 Å². The number of H-pyrrole nitrogens is 1. The van der Waals surface area contributed by atoms with Crippen LogP contribution in [0.4, 0.5) is 0 Å². The summed E-state index contributed by atoms with van der Waals surface area (Å²) in [6.07, 6.45) is 4.09. The van der Waals surface area contributed by atoms with Crippen LogP contribution in [-0.4, -0.2) is 21.5 Å². The third-order valence-electron chi connectivity index (χ3n) is 3.71. The first-order chi connectivity index (χ1) is 9.66. The number of carbonyl (C=O) groups is 1. The molecule has 1 fully saturated rings. The Bertz CT molecular complexity index is 670. The number of para-hydroxylation sites is 1. The van der Waals surface area contributed by atoms with E-state index in [0.29, 0.717) is 16.4 Å². The molecule has 1 aromatic carbocycles. The summed E-state index contributed by atoms with van der Waals surface area (Å²) in [5, 5.41) is 3.06. The molecule has 0 saturated heterocycles. The van der Waals surface area contributed by atoms with Gasteiger partial charge in [-0.15, -0.1) is 0 Å². The van der Waals surface area contributed by atoms with Gasteiger partial charge in [-0.2, -0.15) is 0 Å². The first kappa shape index (κ1) is 13.1. The number of benzene rings is 1. The van der Waals surface area contributed by atoms with Gasteiger partial charge in [-0.1, -0.05) is 18.2 Å². The second-order valence-corrected chi connectivity index (χ2v) is 5.64. The summed E-state index contributed by atoms with van der Waals surface area (Å²) in [7, 11) is 0. The fraction of sp³-hybridized carbons (Fsp3) is 0.333. The SMILES string of the molecule is CC(NC(=O)c1c[nH]c(=S)n1-c1ccccc1)C1CC1. The average molecular weight is 287 g/mol. The van der Waals surface area contributed by atoms with Gasteiger partial charge < -0.3 is 10.3 Å². The van der Waals surface area contributed by atoms with Crippen molar-refractivity contribution >= 4 is 18.1 Å². The van der Waals surface area contributed by atoms with Crippen molar-refractivity contribution in [2.75, 3.05) is 0 Å². The predicted molar refractivity (Wildman–Crippen MR) is 80.6 cm³/mol. The molecule has 1 aromatic heterocycles. The molecule has 104 valence electrons. The number of hydrogen-bond acceptors (Lipinski definition) is 2. The molecule has 1 heterocycles. The van der Waals surface area contributed by atoms with Crippen LogP contribution in [0.15, 0.2) is 36.5 Å². The minimum absolute atomic E-state index is 0.0828. The lowest BCUT2D eigenvalue weighted by atomic mass is 10.2. The molecule has 2 aromatic rings. The molecule has 0 aliphatic heterocycles. The summed E-state index contributed by atoms with van der Waals surface area (Å²) in [5.74, 6) is 0.548. The number of carbonyl (C=O) groups excluding carboxylic acids is 1. The van der Waals surface area contributed by atoms with Crippen LogP contribution in [0.5, 0.6) is 0 Å². The fourth-order valence-corrected chi connectivity index (χ4v) is 2.63. The highest BCUT2D eigenvalue weighted by Gasteiger charge is 2.29. The van der Waals surface area contributed by atoms with Gasteiger partial charge in [-0.05, 0) is 50.0 Å². The summed E-state index contributed by atoms with van der Waals surface area (Å²) >= 11 is 5.28. The smallest absolute Gasteiger partial charge is 0.270 e. The van der Waals surface area contributed by atoms with Crippen LogP contribution in [0.25, 0.3) is 5.69 Å². The number of aromatic amines is 1. The lowest BCUT2D eigenvalue weighted by Crippen LogP contribution is -2.35. The molecule has 1 atom stereocenters. The zero-order valence-electron chi connectivity index (χ0n) is 11.3. The summed E-state index contributed by atoms with van der Waals surface area (Å²) in [6.45, 7) is 2.06. The first-order valence-corrected chi connectivity index (χ1v) is 7.24. The number of aromatic nitrogens is 2. The number of nitrogens with zero attached hydrogens (tertiary/aromatic N) is 1. The molecule has 4 nitrogen and oxygen atoms in total. The molecule has 2 N–H and O–H groups in total. The largest absolute Gasteiger partial charge is 0.348 e.